The zero-order chi connectivity index (χ0) is 15.6. The average molecular weight is 304 g/mol. The molecule has 0 amide bonds. The van der Waals surface area contributed by atoms with Crippen molar-refractivity contribution < 1.29 is 4.74 Å². The summed E-state index contributed by atoms with van der Waals surface area (Å²) in [5, 5.41) is 4.13. The van der Waals surface area contributed by atoms with Crippen LogP contribution in [0, 0.1) is 20.8 Å². The molecule has 1 atom stereocenters. The van der Waals surface area contributed by atoms with Crippen LogP contribution in [0.15, 0.2) is 30.3 Å². The van der Waals surface area contributed by atoms with Gasteiger partial charge in [0.05, 0.1) is 12.1 Å². The van der Waals surface area contributed by atoms with Gasteiger partial charge in [-0.15, -0.1) is 0 Å². The Balaban J connectivity index is 2.26. The molecule has 0 aliphatic carbocycles. The van der Waals surface area contributed by atoms with Crippen LogP contribution in [0.3, 0.4) is 0 Å². The van der Waals surface area contributed by atoms with Crippen molar-refractivity contribution in [3.8, 4) is 5.75 Å². The van der Waals surface area contributed by atoms with Gasteiger partial charge in [-0.25, -0.2) is 0 Å². The van der Waals surface area contributed by atoms with Crippen molar-refractivity contribution in [2.45, 2.75) is 33.7 Å². The van der Waals surface area contributed by atoms with E-state index >= 15 is 0 Å². The SMILES string of the molecule is COc1ccc(NC(C)c2c(C)cc(C)cc2C)cc1Cl. The van der Waals surface area contributed by atoms with Crippen molar-refractivity contribution in [1.29, 1.82) is 0 Å². The Kier molecular flexibility index (Phi) is 4.79. The van der Waals surface area contributed by atoms with Crippen molar-refractivity contribution in [3.63, 3.8) is 0 Å². The third-order valence-corrected chi connectivity index (χ3v) is 4.00. The Morgan fingerprint density at radius 3 is 2.19 bits per heavy atom. The highest BCUT2D eigenvalue weighted by atomic mass is 35.5. The van der Waals surface area contributed by atoms with Crippen LogP contribution in [0.25, 0.3) is 0 Å². The maximum absolute atomic E-state index is 6.18. The van der Waals surface area contributed by atoms with E-state index in [9.17, 15) is 0 Å². The summed E-state index contributed by atoms with van der Waals surface area (Å²) in [6.45, 7) is 8.62. The molecule has 0 aliphatic heterocycles. The summed E-state index contributed by atoms with van der Waals surface area (Å²) in [6, 6.07) is 10.4. The standard InChI is InChI=1S/C18H22ClNO/c1-11-8-12(2)18(13(3)9-11)14(4)20-15-6-7-17(21-5)16(19)10-15/h6-10,14,20H,1-5H3. The summed E-state index contributed by atoms with van der Waals surface area (Å²) < 4.78 is 5.18. The predicted octanol–water partition coefficient (Wildman–Crippen LogP) is 5.45. The average Bonchev–Trinajstić information content (AvgIpc) is 2.37. The molecule has 0 radical (unpaired) electrons. The van der Waals surface area contributed by atoms with Gasteiger partial charge in [0, 0.05) is 11.7 Å². The van der Waals surface area contributed by atoms with E-state index in [1.807, 2.05) is 18.2 Å². The maximum Gasteiger partial charge on any atom is 0.137 e. The molecule has 0 aliphatic rings. The second-order valence-electron chi connectivity index (χ2n) is 5.53. The third-order valence-electron chi connectivity index (χ3n) is 3.71. The Hall–Kier alpha value is -1.67. The van der Waals surface area contributed by atoms with Gasteiger partial charge in [-0.2, -0.15) is 0 Å². The summed E-state index contributed by atoms with van der Waals surface area (Å²) in [7, 11) is 1.62. The molecule has 0 saturated carbocycles. The molecule has 0 heterocycles. The monoisotopic (exact) mass is 303 g/mol. The topological polar surface area (TPSA) is 21.3 Å². The first-order chi connectivity index (χ1) is 9.92. The molecule has 0 spiro atoms. The Labute approximate surface area is 132 Å². The summed E-state index contributed by atoms with van der Waals surface area (Å²) in [5.41, 5.74) is 6.26. The number of anilines is 1. The quantitative estimate of drug-likeness (QED) is 0.811. The lowest BCUT2D eigenvalue weighted by Crippen LogP contribution is -2.10. The smallest absolute Gasteiger partial charge is 0.137 e. The first kappa shape index (κ1) is 15.7. The van der Waals surface area contributed by atoms with E-state index < -0.39 is 0 Å². The third kappa shape index (κ3) is 3.51. The molecular formula is C18H22ClNO. The number of rotatable bonds is 4. The zero-order valence-electron chi connectivity index (χ0n) is 13.3. The van der Waals surface area contributed by atoms with E-state index in [1.165, 1.54) is 22.3 Å². The summed E-state index contributed by atoms with van der Waals surface area (Å²) in [4.78, 5) is 0. The molecule has 0 aromatic heterocycles. The van der Waals surface area contributed by atoms with E-state index in [2.05, 4.69) is 45.1 Å². The van der Waals surface area contributed by atoms with Gasteiger partial charge in [0.15, 0.2) is 0 Å². The molecule has 21 heavy (non-hydrogen) atoms. The van der Waals surface area contributed by atoms with E-state index in [-0.39, 0.29) is 6.04 Å². The van der Waals surface area contributed by atoms with Gasteiger partial charge >= 0.3 is 0 Å². The van der Waals surface area contributed by atoms with Crippen LogP contribution in [-0.2, 0) is 0 Å². The molecule has 3 heteroatoms. The second-order valence-corrected chi connectivity index (χ2v) is 5.93. The lowest BCUT2D eigenvalue weighted by atomic mass is 9.95. The van der Waals surface area contributed by atoms with Gasteiger partial charge in [-0.3, -0.25) is 0 Å². The number of ether oxygens (including phenoxy) is 1. The highest BCUT2D eigenvalue weighted by Gasteiger charge is 2.12. The Morgan fingerprint density at radius 1 is 1.05 bits per heavy atom. The molecular weight excluding hydrogens is 282 g/mol. The summed E-state index contributed by atoms with van der Waals surface area (Å²) >= 11 is 6.18. The van der Waals surface area contributed by atoms with Gasteiger partial charge in [-0.05, 0) is 62.6 Å². The molecule has 2 rings (SSSR count). The minimum Gasteiger partial charge on any atom is -0.495 e. The minimum atomic E-state index is 0.218. The van der Waals surface area contributed by atoms with Gasteiger partial charge in [0.2, 0.25) is 0 Å². The van der Waals surface area contributed by atoms with Crippen LogP contribution in [0.1, 0.15) is 35.2 Å². The molecule has 2 nitrogen and oxygen atoms in total. The number of hydrogen-bond acceptors (Lipinski definition) is 2. The molecule has 1 unspecified atom stereocenters. The minimum absolute atomic E-state index is 0.218. The Bertz CT molecular complexity index is 629. The van der Waals surface area contributed by atoms with Gasteiger partial charge in [-0.1, -0.05) is 29.3 Å². The Morgan fingerprint density at radius 2 is 1.67 bits per heavy atom. The van der Waals surface area contributed by atoms with Crippen molar-refractivity contribution in [1.82, 2.24) is 0 Å². The van der Waals surface area contributed by atoms with E-state index in [0.29, 0.717) is 10.8 Å². The van der Waals surface area contributed by atoms with Gasteiger partial charge in [0.1, 0.15) is 5.75 Å². The van der Waals surface area contributed by atoms with Gasteiger partial charge in [0.25, 0.3) is 0 Å². The lowest BCUT2D eigenvalue weighted by molar-refractivity contribution is 0.415. The van der Waals surface area contributed by atoms with Crippen molar-refractivity contribution in [2.75, 3.05) is 12.4 Å². The van der Waals surface area contributed by atoms with Crippen molar-refractivity contribution in [2.24, 2.45) is 0 Å². The first-order valence-electron chi connectivity index (χ1n) is 7.10. The molecule has 1 N–H and O–H groups in total. The number of halogens is 1. The molecule has 0 bridgehead atoms. The second kappa shape index (κ2) is 6.40. The van der Waals surface area contributed by atoms with Crippen molar-refractivity contribution in [3.05, 3.63) is 57.6 Å². The lowest BCUT2D eigenvalue weighted by Gasteiger charge is -2.21. The predicted molar refractivity (Wildman–Crippen MR) is 90.7 cm³/mol. The number of aryl methyl sites for hydroxylation is 3. The van der Waals surface area contributed by atoms with Crippen LogP contribution in [0.5, 0.6) is 5.75 Å². The highest BCUT2D eigenvalue weighted by molar-refractivity contribution is 6.32. The largest absolute Gasteiger partial charge is 0.495 e. The first-order valence-corrected chi connectivity index (χ1v) is 7.48. The number of methoxy groups -OCH3 is 1. The molecule has 2 aromatic rings. The fourth-order valence-corrected chi connectivity index (χ4v) is 3.21. The molecule has 112 valence electrons. The normalized spacial score (nSPS) is 12.1. The summed E-state index contributed by atoms with van der Waals surface area (Å²) in [5.74, 6) is 0.692. The fraction of sp³-hybridized carbons (Fsp3) is 0.333. The van der Waals surface area contributed by atoms with Crippen molar-refractivity contribution >= 4 is 17.3 Å². The van der Waals surface area contributed by atoms with Crippen LogP contribution in [0.4, 0.5) is 5.69 Å². The van der Waals surface area contributed by atoms with Gasteiger partial charge < -0.3 is 10.1 Å². The van der Waals surface area contributed by atoms with Crippen LogP contribution in [-0.4, -0.2) is 7.11 Å². The number of benzene rings is 2. The summed E-state index contributed by atoms with van der Waals surface area (Å²) in [6.07, 6.45) is 0. The van der Waals surface area contributed by atoms with Crippen LogP contribution in [0.2, 0.25) is 5.02 Å². The molecule has 2 aromatic carbocycles. The van der Waals surface area contributed by atoms with Crippen LogP contribution >= 0.6 is 11.6 Å². The van der Waals surface area contributed by atoms with Crippen LogP contribution < -0.4 is 10.1 Å². The number of hydrogen-bond donors (Lipinski definition) is 1. The molecule has 0 fully saturated rings. The van der Waals surface area contributed by atoms with E-state index in [4.69, 9.17) is 16.3 Å². The molecule has 0 saturated heterocycles. The highest BCUT2D eigenvalue weighted by Crippen LogP contribution is 2.31. The maximum atomic E-state index is 6.18. The fourth-order valence-electron chi connectivity index (χ4n) is 2.95. The van der Waals surface area contributed by atoms with E-state index in [0.717, 1.165) is 5.69 Å². The number of nitrogens with one attached hydrogen (secondary N) is 1. The zero-order valence-corrected chi connectivity index (χ0v) is 14.0. The van der Waals surface area contributed by atoms with E-state index in [1.54, 1.807) is 7.11 Å².